The minimum atomic E-state index is 0.528. The maximum Gasteiger partial charge on any atom is 0.225 e. The van der Waals surface area contributed by atoms with E-state index in [4.69, 9.17) is 4.74 Å². The van der Waals surface area contributed by atoms with E-state index in [-0.39, 0.29) is 0 Å². The number of benzene rings is 1. The largest absolute Gasteiger partial charge is 0.493 e. The summed E-state index contributed by atoms with van der Waals surface area (Å²) in [6.45, 7) is 1.61. The third kappa shape index (κ3) is 2.99. The molecular formula is C14H16N4O. The van der Waals surface area contributed by atoms with Crippen LogP contribution in [-0.4, -0.2) is 28.1 Å². The first-order chi connectivity index (χ1) is 9.42. The van der Waals surface area contributed by atoms with E-state index in [0.717, 1.165) is 31.7 Å². The number of hydrogen-bond acceptors (Lipinski definition) is 5. The number of rotatable bonds is 3. The van der Waals surface area contributed by atoms with Crippen LogP contribution in [0.1, 0.15) is 12.0 Å². The minimum absolute atomic E-state index is 0.528. The minimum Gasteiger partial charge on any atom is -0.493 e. The molecule has 1 aromatic heterocycles. The standard InChI is InChI=1S/C14H16N4O/c1-2-4-13-12(3-1)7-11(5-6-19-13)8-16-14-17-9-15-10-18-14/h1-4,9-11H,5-8H2,(H,15,16,17,18)/t11-/m0/s1. The summed E-state index contributed by atoms with van der Waals surface area (Å²) in [5, 5.41) is 3.26. The monoisotopic (exact) mass is 256 g/mol. The van der Waals surface area contributed by atoms with Crippen LogP contribution in [0.4, 0.5) is 5.95 Å². The highest BCUT2D eigenvalue weighted by Gasteiger charge is 2.17. The zero-order valence-electron chi connectivity index (χ0n) is 10.6. The predicted molar refractivity (Wildman–Crippen MR) is 72.1 cm³/mol. The van der Waals surface area contributed by atoms with Crippen molar-refractivity contribution in [1.82, 2.24) is 15.0 Å². The summed E-state index contributed by atoms with van der Waals surface area (Å²) in [6.07, 6.45) is 5.06. The lowest BCUT2D eigenvalue weighted by Gasteiger charge is -2.14. The van der Waals surface area contributed by atoms with Crippen LogP contribution in [0.15, 0.2) is 36.9 Å². The topological polar surface area (TPSA) is 59.9 Å². The fourth-order valence-electron chi connectivity index (χ4n) is 2.30. The van der Waals surface area contributed by atoms with Gasteiger partial charge in [0.05, 0.1) is 6.61 Å². The molecule has 3 rings (SSSR count). The molecule has 0 saturated carbocycles. The molecule has 0 fully saturated rings. The summed E-state index contributed by atoms with van der Waals surface area (Å²) in [5.41, 5.74) is 1.28. The van der Waals surface area contributed by atoms with Gasteiger partial charge in [0.1, 0.15) is 18.4 Å². The zero-order chi connectivity index (χ0) is 12.9. The van der Waals surface area contributed by atoms with Gasteiger partial charge in [-0.25, -0.2) is 15.0 Å². The van der Waals surface area contributed by atoms with Gasteiger partial charge in [0.25, 0.3) is 0 Å². The maximum atomic E-state index is 5.76. The average Bonchev–Trinajstić information content (AvgIpc) is 2.68. The molecule has 1 atom stereocenters. The van der Waals surface area contributed by atoms with Crippen molar-refractivity contribution in [3.8, 4) is 5.75 Å². The van der Waals surface area contributed by atoms with Crippen LogP contribution in [-0.2, 0) is 6.42 Å². The van der Waals surface area contributed by atoms with Crippen LogP contribution in [0.5, 0.6) is 5.75 Å². The van der Waals surface area contributed by atoms with Gasteiger partial charge in [-0.3, -0.25) is 0 Å². The van der Waals surface area contributed by atoms with Gasteiger partial charge >= 0.3 is 0 Å². The van der Waals surface area contributed by atoms with Crippen LogP contribution in [0, 0.1) is 5.92 Å². The normalized spacial score (nSPS) is 18.0. The van der Waals surface area contributed by atoms with Gasteiger partial charge in [0.2, 0.25) is 5.95 Å². The summed E-state index contributed by atoms with van der Waals surface area (Å²) < 4.78 is 5.76. The highest BCUT2D eigenvalue weighted by atomic mass is 16.5. The summed E-state index contributed by atoms with van der Waals surface area (Å²) in [5.74, 6) is 2.18. The van der Waals surface area contributed by atoms with E-state index in [1.165, 1.54) is 18.2 Å². The molecule has 0 aliphatic carbocycles. The van der Waals surface area contributed by atoms with Crippen molar-refractivity contribution in [3.05, 3.63) is 42.5 Å². The van der Waals surface area contributed by atoms with Crippen LogP contribution in [0.3, 0.4) is 0 Å². The highest BCUT2D eigenvalue weighted by molar-refractivity contribution is 5.34. The van der Waals surface area contributed by atoms with E-state index >= 15 is 0 Å². The van der Waals surface area contributed by atoms with Crippen molar-refractivity contribution in [2.24, 2.45) is 5.92 Å². The fraction of sp³-hybridized carbons (Fsp3) is 0.357. The van der Waals surface area contributed by atoms with Gasteiger partial charge < -0.3 is 10.1 Å². The predicted octanol–water partition coefficient (Wildman–Crippen LogP) is 1.92. The number of para-hydroxylation sites is 1. The van der Waals surface area contributed by atoms with E-state index in [2.05, 4.69) is 32.4 Å². The molecule has 0 spiro atoms. The van der Waals surface area contributed by atoms with Crippen LogP contribution < -0.4 is 10.1 Å². The van der Waals surface area contributed by atoms with E-state index < -0.39 is 0 Å². The number of nitrogens with zero attached hydrogens (tertiary/aromatic N) is 3. The Bertz CT molecular complexity index is 532. The lowest BCUT2D eigenvalue weighted by molar-refractivity contribution is 0.298. The second kappa shape index (κ2) is 5.65. The van der Waals surface area contributed by atoms with E-state index in [0.29, 0.717) is 11.9 Å². The molecule has 1 aromatic carbocycles. The first kappa shape index (κ1) is 11.9. The second-order valence-electron chi connectivity index (χ2n) is 4.66. The van der Waals surface area contributed by atoms with Crippen molar-refractivity contribution < 1.29 is 4.74 Å². The van der Waals surface area contributed by atoms with Crippen molar-refractivity contribution >= 4 is 5.95 Å². The third-order valence-corrected chi connectivity index (χ3v) is 3.31. The molecule has 2 aromatic rings. The van der Waals surface area contributed by atoms with Crippen molar-refractivity contribution in [1.29, 1.82) is 0 Å². The molecule has 2 heterocycles. The van der Waals surface area contributed by atoms with Crippen molar-refractivity contribution in [3.63, 3.8) is 0 Å². The van der Waals surface area contributed by atoms with E-state index in [1.807, 2.05) is 12.1 Å². The van der Waals surface area contributed by atoms with Crippen molar-refractivity contribution in [2.75, 3.05) is 18.5 Å². The van der Waals surface area contributed by atoms with Gasteiger partial charge in [0.15, 0.2) is 0 Å². The first-order valence-corrected chi connectivity index (χ1v) is 6.48. The number of fused-ring (bicyclic) bond motifs is 1. The van der Waals surface area contributed by atoms with Crippen molar-refractivity contribution in [2.45, 2.75) is 12.8 Å². The molecule has 1 aliphatic heterocycles. The number of ether oxygens (including phenoxy) is 1. The highest BCUT2D eigenvalue weighted by Crippen LogP contribution is 2.26. The lowest BCUT2D eigenvalue weighted by atomic mass is 9.97. The Hall–Kier alpha value is -2.17. The quantitative estimate of drug-likeness (QED) is 0.909. The zero-order valence-corrected chi connectivity index (χ0v) is 10.6. The van der Waals surface area contributed by atoms with Gasteiger partial charge in [-0.2, -0.15) is 0 Å². The van der Waals surface area contributed by atoms with Gasteiger partial charge in [-0.05, 0) is 30.4 Å². The van der Waals surface area contributed by atoms with Gasteiger partial charge in [-0.15, -0.1) is 0 Å². The smallest absolute Gasteiger partial charge is 0.225 e. The van der Waals surface area contributed by atoms with E-state index in [1.54, 1.807) is 0 Å². The Balaban J connectivity index is 1.63. The van der Waals surface area contributed by atoms with Crippen LogP contribution in [0.2, 0.25) is 0 Å². The van der Waals surface area contributed by atoms with Gasteiger partial charge in [-0.1, -0.05) is 18.2 Å². The Kier molecular flexibility index (Phi) is 3.54. The summed E-state index contributed by atoms with van der Waals surface area (Å²) >= 11 is 0. The summed E-state index contributed by atoms with van der Waals surface area (Å²) in [4.78, 5) is 11.9. The third-order valence-electron chi connectivity index (χ3n) is 3.31. The second-order valence-corrected chi connectivity index (χ2v) is 4.66. The molecule has 1 aliphatic rings. The molecule has 5 nitrogen and oxygen atoms in total. The fourth-order valence-corrected chi connectivity index (χ4v) is 2.30. The molecule has 5 heteroatoms. The molecule has 98 valence electrons. The molecule has 0 bridgehead atoms. The van der Waals surface area contributed by atoms with Crippen LogP contribution >= 0.6 is 0 Å². The summed E-state index contributed by atoms with van der Waals surface area (Å²) in [6, 6.07) is 8.25. The Morgan fingerprint density at radius 3 is 2.95 bits per heavy atom. The number of nitrogens with one attached hydrogen (secondary N) is 1. The molecule has 0 unspecified atom stereocenters. The number of hydrogen-bond donors (Lipinski definition) is 1. The SMILES string of the molecule is c1ccc2c(c1)C[C@@H](CNc1ncncn1)CCO2. The Morgan fingerprint density at radius 2 is 2.05 bits per heavy atom. The molecule has 0 amide bonds. The molecule has 0 saturated heterocycles. The first-order valence-electron chi connectivity index (χ1n) is 6.48. The maximum absolute atomic E-state index is 5.76. The van der Waals surface area contributed by atoms with E-state index in [9.17, 15) is 0 Å². The molecule has 1 N–H and O–H groups in total. The Labute approximate surface area is 112 Å². The lowest BCUT2D eigenvalue weighted by Crippen LogP contribution is -2.18. The van der Waals surface area contributed by atoms with Crippen LogP contribution in [0.25, 0.3) is 0 Å². The number of anilines is 1. The molecule has 0 radical (unpaired) electrons. The summed E-state index contributed by atoms with van der Waals surface area (Å²) in [7, 11) is 0. The average molecular weight is 256 g/mol. The molecule has 19 heavy (non-hydrogen) atoms. The van der Waals surface area contributed by atoms with Gasteiger partial charge in [0, 0.05) is 6.54 Å². The Morgan fingerprint density at radius 1 is 1.21 bits per heavy atom. The number of aromatic nitrogens is 3. The molecular weight excluding hydrogens is 240 g/mol.